The molecule has 5 rings (SSSR count). The van der Waals surface area contributed by atoms with Crippen LogP contribution in [0.3, 0.4) is 0 Å². The van der Waals surface area contributed by atoms with Crippen LogP contribution < -0.4 is 9.64 Å². The van der Waals surface area contributed by atoms with Gasteiger partial charge < -0.3 is 14.5 Å². The number of anilines is 1. The Morgan fingerprint density at radius 2 is 1.79 bits per heavy atom. The molecule has 1 amide bonds. The van der Waals surface area contributed by atoms with Crippen LogP contribution in [0.25, 0.3) is 10.1 Å². The number of benzene rings is 2. The first-order valence-corrected chi connectivity index (χ1v) is 11.7. The zero-order valence-electron chi connectivity index (χ0n) is 18.3. The van der Waals surface area contributed by atoms with Gasteiger partial charge in [0.2, 0.25) is 0 Å². The van der Waals surface area contributed by atoms with E-state index in [9.17, 15) is 4.79 Å². The molecule has 2 aromatic carbocycles. The number of carbonyl (C=O) groups excluding carboxylic acids is 1. The van der Waals surface area contributed by atoms with Gasteiger partial charge in [0.1, 0.15) is 11.4 Å². The number of carbonyl (C=O) groups is 1. The number of methoxy groups -OCH3 is 1. The van der Waals surface area contributed by atoms with Crippen molar-refractivity contribution in [1.82, 2.24) is 9.88 Å². The monoisotopic (exact) mass is 453 g/mol. The molecule has 0 radical (unpaired) electrons. The number of hydrogen-bond acceptors (Lipinski definition) is 5. The highest BCUT2D eigenvalue weighted by molar-refractivity contribution is 7.22. The lowest BCUT2D eigenvalue weighted by Crippen LogP contribution is -2.48. The van der Waals surface area contributed by atoms with Crippen molar-refractivity contribution in [2.45, 2.75) is 0 Å². The molecule has 164 valence electrons. The first kappa shape index (κ1) is 21.0. The number of nitrogens with zero attached hydrogens (tertiary/aromatic N) is 3. The van der Waals surface area contributed by atoms with Crippen LogP contribution >= 0.6 is 11.3 Å². The second-order valence-corrected chi connectivity index (χ2v) is 8.84. The summed E-state index contributed by atoms with van der Waals surface area (Å²) in [5.74, 6) is 6.82. The van der Waals surface area contributed by atoms with Gasteiger partial charge in [-0.2, -0.15) is 0 Å². The number of fused-ring (bicyclic) bond motifs is 1. The van der Waals surface area contributed by atoms with E-state index in [1.54, 1.807) is 13.3 Å². The van der Waals surface area contributed by atoms with E-state index in [4.69, 9.17) is 4.74 Å². The smallest absolute Gasteiger partial charge is 0.254 e. The molecule has 2 aromatic heterocycles. The standard InChI is InChI=1S/C27H23N3O2S/c1-32-24-12-10-22(18-20(24)9-11-23-7-4-5-13-28-23)27(31)30-16-14-29(15-17-30)26-19-21-6-2-3-8-25(21)33-26/h2-8,10,12-13,18-19H,14-17H2,1H3. The van der Waals surface area contributed by atoms with Gasteiger partial charge in [-0.1, -0.05) is 30.2 Å². The Balaban J connectivity index is 1.30. The topological polar surface area (TPSA) is 45.7 Å². The van der Waals surface area contributed by atoms with Crippen LogP contribution in [0.1, 0.15) is 21.6 Å². The lowest BCUT2D eigenvalue weighted by molar-refractivity contribution is 0.0747. The lowest BCUT2D eigenvalue weighted by atomic mass is 10.1. The molecular formula is C27H23N3O2S. The molecule has 3 heterocycles. The van der Waals surface area contributed by atoms with Crippen molar-refractivity contribution < 1.29 is 9.53 Å². The Hall–Kier alpha value is -3.82. The summed E-state index contributed by atoms with van der Waals surface area (Å²) >= 11 is 1.81. The van der Waals surface area contributed by atoms with Crippen molar-refractivity contribution in [3.63, 3.8) is 0 Å². The quantitative estimate of drug-likeness (QED) is 0.423. The molecule has 1 aliphatic rings. The Labute approximate surface area is 197 Å². The van der Waals surface area contributed by atoms with Crippen LogP contribution in [0.2, 0.25) is 0 Å². The van der Waals surface area contributed by atoms with Crippen LogP contribution in [0.4, 0.5) is 5.00 Å². The molecule has 5 nitrogen and oxygen atoms in total. The first-order chi connectivity index (χ1) is 16.2. The van der Waals surface area contributed by atoms with Gasteiger partial charge in [-0.15, -0.1) is 11.3 Å². The van der Waals surface area contributed by atoms with Crippen LogP contribution in [-0.4, -0.2) is 49.1 Å². The van der Waals surface area contributed by atoms with Crippen molar-refractivity contribution in [3.05, 3.63) is 89.7 Å². The highest BCUT2D eigenvalue weighted by Gasteiger charge is 2.23. The third-order valence-corrected chi connectivity index (χ3v) is 6.90. The van der Waals surface area contributed by atoms with Gasteiger partial charge in [0.15, 0.2) is 0 Å². The number of pyridine rings is 1. The maximum Gasteiger partial charge on any atom is 0.254 e. The van der Waals surface area contributed by atoms with Crippen molar-refractivity contribution in [2.24, 2.45) is 0 Å². The molecule has 0 spiro atoms. The number of thiophene rings is 1. The summed E-state index contributed by atoms with van der Waals surface area (Å²) in [5.41, 5.74) is 1.97. The van der Waals surface area contributed by atoms with Crippen molar-refractivity contribution >= 4 is 32.3 Å². The summed E-state index contributed by atoms with van der Waals surface area (Å²) in [5, 5.41) is 2.54. The average molecular weight is 454 g/mol. The maximum absolute atomic E-state index is 13.2. The minimum Gasteiger partial charge on any atom is -0.495 e. The molecule has 4 aromatic rings. The van der Waals surface area contributed by atoms with Crippen molar-refractivity contribution in [1.29, 1.82) is 0 Å². The average Bonchev–Trinajstić information content (AvgIpc) is 3.32. The summed E-state index contributed by atoms with van der Waals surface area (Å²) in [6.07, 6.45) is 1.71. The molecule has 0 N–H and O–H groups in total. The third-order valence-electron chi connectivity index (χ3n) is 5.73. The minimum atomic E-state index is 0.0227. The number of piperazine rings is 1. The van der Waals surface area contributed by atoms with E-state index in [1.165, 1.54) is 15.1 Å². The Morgan fingerprint density at radius 1 is 0.970 bits per heavy atom. The number of aromatic nitrogens is 1. The second kappa shape index (κ2) is 9.35. The van der Waals surface area contributed by atoms with Gasteiger partial charge in [0, 0.05) is 42.6 Å². The SMILES string of the molecule is COc1ccc(C(=O)N2CCN(c3cc4ccccc4s3)CC2)cc1C#Cc1ccccn1. The van der Waals surface area contributed by atoms with Crippen LogP contribution in [0, 0.1) is 11.8 Å². The van der Waals surface area contributed by atoms with Gasteiger partial charge >= 0.3 is 0 Å². The summed E-state index contributed by atoms with van der Waals surface area (Å²) < 4.78 is 6.74. The molecule has 0 atom stereocenters. The normalized spacial score (nSPS) is 13.5. The third kappa shape index (κ3) is 4.55. The number of rotatable bonds is 3. The molecule has 0 bridgehead atoms. The van der Waals surface area contributed by atoms with Gasteiger partial charge in [-0.3, -0.25) is 4.79 Å². The fourth-order valence-corrected chi connectivity index (χ4v) is 5.06. The van der Waals surface area contributed by atoms with E-state index in [0.717, 1.165) is 13.1 Å². The molecule has 33 heavy (non-hydrogen) atoms. The molecule has 1 aliphatic heterocycles. The predicted octanol–water partition coefficient (Wildman–Crippen LogP) is 4.67. The Morgan fingerprint density at radius 3 is 2.55 bits per heavy atom. The fourth-order valence-electron chi connectivity index (χ4n) is 3.94. The van der Waals surface area contributed by atoms with E-state index < -0.39 is 0 Å². The number of hydrogen-bond donors (Lipinski definition) is 0. The van der Waals surface area contributed by atoms with Crippen LogP contribution in [0.5, 0.6) is 5.75 Å². The van der Waals surface area contributed by atoms with Crippen LogP contribution in [0.15, 0.2) is 72.9 Å². The van der Waals surface area contributed by atoms with Crippen LogP contribution in [-0.2, 0) is 0 Å². The van der Waals surface area contributed by atoms with Gasteiger partial charge in [0.05, 0.1) is 17.7 Å². The predicted molar refractivity (Wildman–Crippen MR) is 133 cm³/mol. The molecule has 1 fully saturated rings. The Kier molecular flexibility index (Phi) is 5.97. The summed E-state index contributed by atoms with van der Waals surface area (Å²) in [4.78, 5) is 21.7. The summed E-state index contributed by atoms with van der Waals surface area (Å²) in [7, 11) is 1.61. The van der Waals surface area contributed by atoms with E-state index in [1.807, 2.05) is 52.6 Å². The van der Waals surface area contributed by atoms with Gasteiger partial charge in [-0.05, 0) is 53.8 Å². The van der Waals surface area contributed by atoms with E-state index in [2.05, 4.69) is 52.1 Å². The number of amides is 1. The minimum absolute atomic E-state index is 0.0227. The van der Waals surface area contributed by atoms with Crippen molar-refractivity contribution in [3.8, 4) is 17.6 Å². The maximum atomic E-state index is 13.2. The molecule has 0 saturated carbocycles. The van der Waals surface area contributed by atoms with Gasteiger partial charge in [-0.25, -0.2) is 4.98 Å². The Bertz CT molecular complexity index is 1310. The zero-order chi connectivity index (χ0) is 22.6. The van der Waals surface area contributed by atoms with E-state index >= 15 is 0 Å². The van der Waals surface area contributed by atoms with Gasteiger partial charge in [0.25, 0.3) is 5.91 Å². The van der Waals surface area contributed by atoms with E-state index in [0.29, 0.717) is 35.7 Å². The second-order valence-electron chi connectivity index (χ2n) is 7.78. The van der Waals surface area contributed by atoms with E-state index in [-0.39, 0.29) is 5.91 Å². The first-order valence-electron chi connectivity index (χ1n) is 10.9. The molecule has 1 saturated heterocycles. The molecular weight excluding hydrogens is 430 g/mol. The summed E-state index contributed by atoms with van der Waals surface area (Å²) in [6, 6.07) is 21.7. The molecule has 6 heteroatoms. The zero-order valence-corrected chi connectivity index (χ0v) is 19.1. The highest BCUT2D eigenvalue weighted by Crippen LogP contribution is 2.33. The lowest BCUT2D eigenvalue weighted by Gasteiger charge is -2.35. The number of ether oxygens (including phenoxy) is 1. The largest absolute Gasteiger partial charge is 0.495 e. The summed E-state index contributed by atoms with van der Waals surface area (Å²) in [6.45, 7) is 3.02. The molecule has 0 unspecified atom stereocenters. The fraction of sp³-hybridized carbons (Fsp3) is 0.185. The van der Waals surface area contributed by atoms with Crippen molar-refractivity contribution in [2.75, 3.05) is 38.2 Å². The highest BCUT2D eigenvalue weighted by atomic mass is 32.1. The molecule has 0 aliphatic carbocycles.